The van der Waals surface area contributed by atoms with Gasteiger partial charge in [0, 0.05) is 60.6 Å². The molecule has 0 heterocycles. The molecule has 680 valence electrons. The molecule has 0 spiro atoms. The minimum Gasteiger partial charge on any atom is -0.481 e. The maximum Gasteiger partial charge on any atom is 0.303 e. The standard InChI is InChI=1S/2C44H82O4.2C8H18O.Ti/c2*1-2-3-4-27-32-37-42(38-33-28-23-19-15-11-7-5-9-13-17-21-25-30-35-40-43(45)46)39-34-29-24-20-16-12-8-6-10-14-18-22-26-31-36-41-44(47)48;2*1-3-5-6-8(4-2)7-9;/h2*5-6,9-10,42H,2-4,7-8,11-41H2,1H3,(H,45,46)(H,47,48);2*8-9H,3-7H2,1-2H3;/b2*9-5-,10-6-;;;. The zero-order valence-corrected chi connectivity index (χ0v) is 79.3. The van der Waals surface area contributed by atoms with Crippen LogP contribution in [0, 0.1) is 23.7 Å². The van der Waals surface area contributed by atoms with Crippen molar-refractivity contribution in [3.63, 3.8) is 0 Å². The van der Waals surface area contributed by atoms with E-state index >= 15 is 0 Å². The van der Waals surface area contributed by atoms with Gasteiger partial charge in [0.25, 0.3) is 0 Å². The van der Waals surface area contributed by atoms with Gasteiger partial charge in [-0.2, -0.15) is 0 Å². The monoisotopic (exact) mass is 1660 g/mol. The summed E-state index contributed by atoms with van der Waals surface area (Å²) in [6.45, 7) is 14.0. The van der Waals surface area contributed by atoms with Crippen molar-refractivity contribution in [3.8, 4) is 0 Å². The quantitative estimate of drug-likeness (QED) is 0.0194. The smallest absolute Gasteiger partial charge is 0.303 e. The van der Waals surface area contributed by atoms with Crippen LogP contribution in [0.2, 0.25) is 0 Å². The van der Waals surface area contributed by atoms with E-state index in [1.165, 1.54) is 424 Å². The molecule has 0 radical (unpaired) electrons. The molecule has 0 aromatic carbocycles. The number of allylic oxidation sites excluding steroid dienone is 8. The second-order valence-electron chi connectivity index (χ2n) is 34.8. The van der Waals surface area contributed by atoms with Crippen LogP contribution < -0.4 is 0 Å². The molecule has 0 saturated carbocycles. The van der Waals surface area contributed by atoms with Crippen molar-refractivity contribution in [1.29, 1.82) is 0 Å². The maximum absolute atomic E-state index is 10.5. The maximum atomic E-state index is 10.5. The number of aliphatic hydroxyl groups is 2. The molecular formula is C104H200O10Ti. The van der Waals surface area contributed by atoms with Gasteiger partial charge in [-0.05, 0) is 165 Å². The molecule has 0 rings (SSSR count). The third kappa shape index (κ3) is 116. The summed E-state index contributed by atoms with van der Waals surface area (Å²) in [5.41, 5.74) is 0. The van der Waals surface area contributed by atoms with Crippen molar-refractivity contribution >= 4 is 23.9 Å². The fourth-order valence-corrected chi connectivity index (χ4v) is 15.6. The summed E-state index contributed by atoms with van der Waals surface area (Å²) in [5.74, 6) is 0.401. The minimum absolute atomic E-state index is 0. The summed E-state index contributed by atoms with van der Waals surface area (Å²) in [6.07, 6.45) is 118. The van der Waals surface area contributed by atoms with Gasteiger partial charge in [-0.25, -0.2) is 0 Å². The number of hydrogen-bond donors (Lipinski definition) is 6. The van der Waals surface area contributed by atoms with Gasteiger partial charge in [-0.3, -0.25) is 19.2 Å². The summed E-state index contributed by atoms with van der Waals surface area (Å²) in [6, 6.07) is 0. The number of hydrogen-bond acceptors (Lipinski definition) is 6. The molecule has 10 nitrogen and oxygen atoms in total. The molecule has 0 fully saturated rings. The molecule has 2 atom stereocenters. The Hall–Kier alpha value is -2.53. The minimum atomic E-state index is -0.664. The van der Waals surface area contributed by atoms with Gasteiger partial charge in [-0.15, -0.1) is 0 Å². The number of unbranched alkanes of at least 4 members (excludes halogenated alkanes) is 54. The Balaban J connectivity index is -0.000000570. The Bertz CT molecular complexity index is 1730. The van der Waals surface area contributed by atoms with Crippen LogP contribution in [0.4, 0.5) is 0 Å². The van der Waals surface area contributed by atoms with Crippen LogP contribution in [0.5, 0.6) is 0 Å². The first kappa shape index (κ1) is 121. The predicted molar refractivity (Wildman–Crippen MR) is 499 cm³/mol. The third-order valence-corrected chi connectivity index (χ3v) is 23.7. The van der Waals surface area contributed by atoms with Crippen LogP contribution in [0.1, 0.15) is 555 Å². The van der Waals surface area contributed by atoms with E-state index in [1.807, 2.05) is 0 Å². The summed E-state index contributed by atoms with van der Waals surface area (Å²) in [7, 11) is 0. The summed E-state index contributed by atoms with van der Waals surface area (Å²) < 4.78 is 0. The second kappa shape index (κ2) is 109. The molecule has 0 aliphatic rings. The van der Waals surface area contributed by atoms with E-state index < -0.39 is 23.9 Å². The van der Waals surface area contributed by atoms with E-state index in [4.69, 9.17) is 30.6 Å². The molecule has 0 aliphatic heterocycles. The van der Waals surface area contributed by atoms with Gasteiger partial charge < -0.3 is 30.6 Å². The number of carboxylic acids is 4. The Morgan fingerprint density at radius 3 is 0.478 bits per heavy atom. The topological polar surface area (TPSA) is 190 Å². The summed E-state index contributed by atoms with van der Waals surface area (Å²) in [5, 5.41) is 52.2. The van der Waals surface area contributed by atoms with Crippen LogP contribution >= 0.6 is 0 Å². The Morgan fingerprint density at radius 2 is 0.330 bits per heavy atom. The largest absolute Gasteiger partial charge is 0.481 e. The van der Waals surface area contributed by atoms with E-state index in [9.17, 15) is 19.2 Å². The van der Waals surface area contributed by atoms with Crippen molar-refractivity contribution in [2.24, 2.45) is 23.7 Å². The first-order valence-electron chi connectivity index (χ1n) is 50.5. The number of aliphatic hydroxyl groups excluding tert-OH is 2. The second-order valence-corrected chi connectivity index (χ2v) is 34.8. The first-order chi connectivity index (χ1) is 55.8. The zero-order valence-electron chi connectivity index (χ0n) is 77.7. The first-order valence-corrected chi connectivity index (χ1v) is 50.5. The number of carbonyl (C=O) groups is 4. The van der Waals surface area contributed by atoms with E-state index in [0.29, 0.717) is 50.7 Å². The average Bonchev–Trinajstić information content (AvgIpc) is 1.01. The summed E-state index contributed by atoms with van der Waals surface area (Å²) in [4.78, 5) is 42.1. The SMILES string of the molecule is CCCCC(CC)CO.CCCCC(CC)CO.CCCCCCCC(CCCCCCCC/C=C\CCCCCCCC(=O)O)CCCCCCCC/C=C\CCCCCCCC(=O)O.CCCCCCCC(CCCCCCCC/C=C\CCCCCCCC(=O)O)CCCCCCCC/C=C\CCCCCCCC(=O)O.[Ti]. The van der Waals surface area contributed by atoms with E-state index in [0.717, 1.165) is 76.0 Å². The Labute approximate surface area is 731 Å². The van der Waals surface area contributed by atoms with Gasteiger partial charge in [0.15, 0.2) is 0 Å². The molecule has 11 heteroatoms. The van der Waals surface area contributed by atoms with Crippen LogP contribution in [0.3, 0.4) is 0 Å². The Kier molecular flexibility index (Phi) is 115. The van der Waals surface area contributed by atoms with E-state index in [1.54, 1.807) is 0 Å². The van der Waals surface area contributed by atoms with Gasteiger partial charge in [-0.1, -0.05) is 437 Å². The van der Waals surface area contributed by atoms with Crippen molar-refractivity contribution < 1.29 is 71.5 Å². The van der Waals surface area contributed by atoms with Crippen LogP contribution in [0.25, 0.3) is 0 Å². The molecular weight excluding hydrogens is 1460 g/mol. The van der Waals surface area contributed by atoms with Crippen molar-refractivity contribution in [2.45, 2.75) is 555 Å². The fraction of sp³-hybridized carbons (Fsp3) is 0.885. The van der Waals surface area contributed by atoms with Crippen molar-refractivity contribution in [2.75, 3.05) is 13.2 Å². The molecule has 0 saturated heterocycles. The zero-order chi connectivity index (χ0) is 84.3. The van der Waals surface area contributed by atoms with Crippen LogP contribution in [0.15, 0.2) is 48.6 Å². The van der Waals surface area contributed by atoms with Crippen molar-refractivity contribution in [3.05, 3.63) is 48.6 Å². The van der Waals surface area contributed by atoms with Gasteiger partial charge in [0.2, 0.25) is 0 Å². The van der Waals surface area contributed by atoms with Crippen LogP contribution in [-0.2, 0) is 40.9 Å². The molecule has 0 bridgehead atoms. The third-order valence-electron chi connectivity index (χ3n) is 23.7. The number of rotatable bonds is 90. The molecule has 115 heavy (non-hydrogen) atoms. The Morgan fingerprint density at radius 1 is 0.191 bits per heavy atom. The molecule has 0 amide bonds. The summed E-state index contributed by atoms with van der Waals surface area (Å²) >= 11 is 0. The molecule has 0 aliphatic carbocycles. The van der Waals surface area contributed by atoms with Gasteiger partial charge >= 0.3 is 23.9 Å². The number of carboxylic acid groups (broad SMARTS) is 4. The molecule has 0 aromatic rings. The van der Waals surface area contributed by atoms with E-state index in [-0.39, 0.29) is 21.7 Å². The van der Waals surface area contributed by atoms with Crippen LogP contribution in [-0.4, -0.2) is 67.7 Å². The normalized spacial score (nSPS) is 12.1. The van der Waals surface area contributed by atoms with E-state index in [2.05, 4.69) is 90.2 Å². The molecule has 6 N–H and O–H groups in total. The average molecular weight is 1660 g/mol. The van der Waals surface area contributed by atoms with Gasteiger partial charge in [0.05, 0.1) is 0 Å². The predicted octanol–water partition coefficient (Wildman–Crippen LogP) is 34.3. The molecule has 0 aromatic heterocycles. The molecule has 2 unspecified atom stereocenters. The number of aliphatic carboxylic acids is 4. The van der Waals surface area contributed by atoms with Crippen molar-refractivity contribution in [1.82, 2.24) is 0 Å². The van der Waals surface area contributed by atoms with Gasteiger partial charge in [0.1, 0.15) is 0 Å². The fourth-order valence-electron chi connectivity index (χ4n) is 15.6.